The summed E-state index contributed by atoms with van der Waals surface area (Å²) in [6.07, 6.45) is 7.39. The fraction of sp³-hybridized carbons (Fsp3) is 0.667. The van der Waals surface area contributed by atoms with Gasteiger partial charge in [0.25, 0.3) is 0 Å². The summed E-state index contributed by atoms with van der Waals surface area (Å²) in [4.78, 5) is 4.28. The van der Waals surface area contributed by atoms with Crippen molar-refractivity contribution in [2.24, 2.45) is 4.99 Å². The normalized spacial score (nSPS) is 15.3. The molecule has 0 unspecified atom stereocenters. The average Bonchev–Trinajstić information content (AvgIpc) is 2.70. The summed E-state index contributed by atoms with van der Waals surface area (Å²) in [6, 6.07) is 8.61. The van der Waals surface area contributed by atoms with Crippen molar-refractivity contribution in [2.75, 3.05) is 26.8 Å². The third-order valence-electron chi connectivity index (χ3n) is 4.68. The molecule has 6 heteroatoms. The minimum Gasteiger partial charge on any atom is -0.381 e. The van der Waals surface area contributed by atoms with Gasteiger partial charge in [-0.25, -0.2) is 0 Å². The lowest BCUT2D eigenvalue weighted by atomic mass is 10.1. The lowest BCUT2D eigenvalue weighted by molar-refractivity contribution is -0.0390. The van der Waals surface area contributed by atoms with Crippen LogP contribution in [0.25, 0.3) is 0 Å². The van der Waals surface area contributed by atoms with Gasteiger partial charge in [-0.3, -0.25) is 4.99 Å². The van der Waals surface area contributed by atoms with Crippen molar-refractivity contribution in [2.45, 2.75) is 64.7 Å². The molecule has 1 saturated heterocycles. The van der Waals surface area contributed by atoms with E-state index in [1.165, 1.54) is 36.8 Å². The van der Waals surface area contributed by atoms with Gasteiger partial charge in [-0.05, 0) is 30.4 Å². The largest absolute Gasteiger partial charge is 0.381 e. The number of nitrogens with zero attached hydrogens (tertiary/aromatic N) is 1. The van der Waals surface area contributed by atoms with E-state index >= 15 is 0 Å². The molecule has 2 rings (SSSR count). The van der Waals surface area contributed by atoms with Gasteiger partial charge >= 0.3 is 0 Å². The molecule has 0 spiro atoms. The molecule has 5 nitrogen and oxygen atoms in total. The van der Waals surface area contributed by atoms with Gasteiger partial charge in [0, 0.05) is 33.4 Å². The molecule has 2 N–H and O–H groups in total. The number of rotatable bonds is 10. The second-order valence-electron chi connectivity index (χ2n) is 6.85. The fourth-order valence-corrected chi connectivity index (χ4v) is 2.98. The van der Waals surface area contributed by atoms with Crippen LogP contribution in [0.2, 0.25) is 0 Å². The van der Waals surface area contributed by atoms with E-state index in [1.54, 1.807) is 0 Å². The lowest BCUT2D eigenvalue weighted by Crippen LogP contribution is -2.37. The molecule has 1 heterocycles. The highest BCUT2D eigenvalue weighted by atomic mass is 127. The molecule has 0 amide bonds. The SMILES string of the molecule is CCCCCCNC(=NC)NCc1ccc(COC2CCOCC2)cc1.I. The molecule has 1 aliphatic rings. The number of unbranched alkanes of at least 4 members (excludes halogenated alkanes) is 3. The van der Waals surface area contributed by atoms with Crippen LogP contribution in [0.15, 0.2) is 29.3 Å². The summed E-state index contributed by atoms with van der Waals surface area (Å²) in [5.41, 5.74) is 2.47. The van der Waals surface area contributed by atoms with Gasteiger partial charge in [-0.1, -0.05) is 50.5 Å². The van der Waals surface area contributed by atoms with Crippen molar-refractivity contribution < 1.29 is 9.47 Å². The van der Waals surface area contributed by atoms with Crippen molar-refractivity contribution in [3.63, 3.8) is 0 Å². The van der Waals surface area contributed by atoms with E-state index in [-0.39, 0.29) is 24.0 Å². The van der Waals surface area contributed by atoms with Crippen molar-refractivity contribution in [1.29, 1.82) is 0 Å². The zero-order valence-electron chi connectivity index (χ0n) is 16.8. The maximum absolute atomic E-state index is 5.97. The molecule has 1 aliphatic heterocycles. The quantitative estimate of drug-likeness (QED) is 0.223. The maximum Gasteiger partial charge on any atom is 0.191 e. The van der Waals surface area contributed by atoms with Crippen molar-refractivity contribution in [1.82, 2.24) is 10.6 Å². The minimum absolute atomic E-state index is 0. The van der Waals surface area contributed by atoms with Crippen LogP contribution in [0, 0.1) is 0 Å². The van der Waals surface area contributed by atoms with Crippen LogP contribution >= 0.6 is 24.0 Å². The monoisotopic (exact) mass is 489 g/mol. The van der Waals surface area contributed by atoms with Gasteiger partial charge in [-0.15, -0.1) is 24.0 Å². The molecule has 1 aromatic rings. The van der Waals surface area contributed by atoms with E-state index in [2.05, 4.69) is 46.8 Å². The molecule has 0 radical (unpaired) electrons. The number of ether oxygens (including phenoxy) is 2. The van der Waals surface area contributed by atoms with Crippen LogP contribution < -0.4 is 10.6 Å². The summed E-state index contributed by atoms with van der Waals surface area (Å²) in [5, 5.41) is 6.75. The Morgan fingerprint density at radius 1 is 1.07 bits per heavy atom. The molecule has 154 valence electrons. The van der Waals surface area contributed by atoms with Gasteiger partial charge in [0.05, 0.1) is 12.7 Å². The summed E-state index contributed by atoms with van der Waals surface area (Å²) < 4.78 is 11.3. The lowest BCUT2D eigenvalue weighted by Gasteiger charge is -2.22. The zero-order chi connectivity index (χ0) is 18.5. The van der Waals surface area contributed by atoms with E-state index < -0.39 is 0 Å². The molecule has 1 fully saturated rings. The standard InChI is InChI=1S/C21H35N3O2.HI/c1-3-4-5-6-13-23-21(22-2)24-16-18-7-9-19(10-8-18)17-26-20-11-14-25-15-12-20;/h7-10,20H,3-6,11-17H2,1-2H3,(H2,22,23,24);1H. The first kappa shape index (κ1) is 24.2. The van der Waals surface area contributed by atoms with E-state index in [0.717, 1.165) is 45.1 Å². The molecule has 27 heavy (non-hydrogen) atoms. The fourth-order valence-electron chi connectivity index (χ4n) is 2.98. The van der Waals surface area contributed by atoms with E-state index in [0.29, 0.717) is 12.7 Å². The second-order valence-corrected chi connectivity index (χ2v) is 6.85. The highest BCUT2D eigenvalue weighted by molar-refractivity contribution is 14.0. The highest BCUT2D eigenvalue weighted by Crippen LogP contribution is 2.14. The number of hydrogen-bond acceptors (Lipinski definition) is 3. The number of halogens is 1. The Labute approximate surface area is 181 Å². The Kier molecular flexibility index (Phi) is 13.5. The number of benzene rings is 1. The van der Waals surface area contributed by atoms with E-state index in [9.17, 15) is 0 Å². The van der Waals surface area contributed by atoms with Crippen LogP contribution in [-0.2, 0) is 22.6 Å². The second kappa shape index (κ2) is 15.1. The number of guanidine groups is 1. The molecular weight excluding hydrogens is 453 g/mol. The Hall–Kier alpha value is -0.860. The number of hydrogen-bond donors (Lipinski definition) is 2. The third-order valence-corrected chi connectivity index (χ3v) is 4.68. The first-order valence-corrected chi connectivity index (χ1v) is 10.0. The Morgan fingerprint density at radius 2 is 1.78 bits per heavy atom. The number of aliphatic imine (C=N–C) groups is 1. The smallest absolute Gasteiger partial charge is 0.191 e. The minimum atomic E-state index is 0. The van der Waals surface area contributed by atoms with Gasteiger partial charge < -0.3 is 20.1 Å². The molecule has 0 aromatic heterocycles. The van der Waals surface area contributed by atoms with Crippen LogP contribution in [-0.4, -0.2) is 38.9 Å². The van der Waals surface area contributed by atoms with Gasteiger partial charge in [-0.2, -0.15) is 0 Å². The highest BCUT2D eigenvalue weighted by Gasteiger charge is 2.13. The number of nitrogens with one attached hydrogen (secondary N) is 2. The van der Waals surface area contributed by atoms with Gasteiger partial charge in [0.1, 0.15) is 0 Å². The Bertz CT molecular complexity index is 517. The summed E-state index contributed by atoms with van der Waals surface area (Å²) in [5.74, 6) is 0.869. The van der Waals surface area contributed by atoms with Crippen LogP contribution in [0.5, 0.6) is 0 Å². The van der Waals surface area contributed by atoms with Gasteiger partial charge in [0.15, 0.2) is 5.96 Å². The van der Waals surface area contributed by atoms with Crippen molar-refractivity contribution >= 4 is 29.9 Å². The third kappa shape index (κ3) is 10.3. The van der Waals surface area contributed by atoms with Crippen LogP contribution in [0.4, 0.5) is 0 Å². The predicted octanol–water partition coefficient (Wildman–Crippen LogP) is 4.25. The van der Waals surface area contributed by atoms with Crippen LogP contribution in [0.3, 0.4) is 0 Å². The summed E-state index contributed by atoms with van der Waals surface area (Å²) >= 11 is 0. The van der Waals surface area contributed by atoms with Crippen molar-refractivity contribution in [3.8, 4) is 0 Å². The first-order chi connectivity index (χ1) is 12.8. The topological polar surface area (TPSA) is 54.9 Å². The zero-order valence-corrected chi connectivity index (χ0v) is 19.2. The van der Waals surface area contributed by atoms with Crippen LogP contribution in [0.1, 0.15) is 56.6 Å². The maximum atomic E-state index is 5.97. The van der Waals surface area contributed by atoms with E-state index in [4.69, 9.17) is 9.47 Å². The van der Waals surface area contributed by atoms with Gasteiger partial charge in [0.2, 0.25) is 0 Å². The molecule has 0 saturated carbocycles. The molecule has 0 bridgehead atoms. The van der Waals surface area contributed by atoms with Crippen molar-refractivity contribution in [3.05, 3.63) is 35.4 Å². The average molecular weight is 489 g/mol. The molecule has 0 atom stereocenters. The Balaban J connectivity index is 0.00000364. The molecule has 1 aromatic carbocycles. The predicted molar refractivity (Wildman–Crippen MR) is 123 cm³/mol. The molecule has 0 aliphatic carbocycles. The summed E-state index contributed by atoms with van der Waals surface area (Å²) in [7, 11) is 1.82. The Morgan fingerprint density at radius 3 is 2.44 bits per heavy atom. The summed E-state index contributed by atoms with van der Waals surface area (Å²) in [6.45, 7) is 6.31. The van der Waals surface area contributed by atoms with E-state index in [1.807, 2.05) is 7.05 Å². The first-order valence-electron chi connectivity index (χ1n) is 10.0. The molecular formula is C21H36IN3O2.